The van der Waals surface area contributed by atoms with Gasteiger partial charge in [0.2, 0.25) is 5.91 Å². The minimum atomic E-state index is -1.31. The van der Waals surface area contributed by atoms with Gasteiger partial charge in [0.05, 0.1) is 13.2 Å². The van der Waals surface area contributed by atoms with E-state index in [4.69, 9.17) is 4.74 Å². The highest BCUT2D eigenvalue weighted by Crippen LogP contribution is 2.19. The molecule has 1 atom stereocenters. The second-order valence-corrected chi connectivity index (χ2v) is 5.50. The van der Waals surface area contributed by atoms with Crippen LogP contribution in [0.1, 0.15) is 42.5 Å². The van der Waals surface area contributed by atoms with Crippen molar-refractivity contribution >= 4 is 11.7 Å². The fourth-order valence-electron chi connectivity index (χ4n) is 2.71. The molecule has 0 unspecified atom stereocenters. The number of carbonyl (C=O) groups excluding carboxylic acids is 2. The predicted octanol–water partition coefficient (Wildman–Crippen LogP) is 2.47. The lowest BCUT2D eigenvalue weighted by atomic mass is 9.93. The Kier molecular flexibility index (Phi) is 5.54. The third kappa shape index (κ3) is 3.85. The van der Waals surface area contributed by atoms with Crippen LogP contribution in [0.5, 0.6) is 5.75 Å². The van der Waals surface area contributed by atoms with Crippen molar-refractivity contribution in [2.75, 3.05) is 7.11 Å². The number of hydrogen-bond donors (Lipinski definition) is 1. The molecule has 116 valence electrons. The molecule has 1 saturated carbocycles. The van der Waals surface area contributed by atoms with E-state index >= 15 is 0 Å². The summed E-state index contributed by atoms with van der Waals surface area (Å²) >= 11 is 0. The van der Waals surface area contributed by atoms with Gasteiger partial charge in [-0.2, -0.15) is 5.26 Å². The number of nitrogens with one attached hydrogen (secondary N) is 1. The van der Waals surface area contributed by atoms with Crippen molar-refractivity contribution < 1.29 is 14.3 Å². The first-order valence-electron chi connectivity index (χ1n) is 7.54. The number of amides is 1. The number of methoxy groups -OCH3 is 1. The molecule has 5 heteroatoms. The highest BCUT2D eigenvalue weighted by atomic mass is 16.5. The lowest BCUT2D eigenvalue weighted by Crippen LogP contribution is -2.42. The number of nitriles is 1. The van der Waals surface area contributed by atoms with E-state index in [-0.39, 0.29) is 6.04 Å². The maximum Gasteiger partial charge on any atom is 0.245 e. The van der Waals surface area contributed by atoms with Crippen molar-refractivity contribution in [2.45, 2.75) is 38.1 Å². The third-order valence-corrected chi connectivity index (χ3v) is 3.96. The molecule has 1 aliphatic rings. The first kappa shape index (κ1) is 16.0. The largest absolute Gasteiger partial charge is 0.497 e. The highest BCUT2D eigenvalue weighted by molar-refractivity contribution is 6.12. The Labute approximate surface area is 130 Å². The van der Waals surface area contributed by atoms with Crippen molar-refractivity contribution in [1.29, 1.82) is 5.26 Å². The van der Waals surface area contributed by atoms with Crippen LogP contribution in [0.4, 0.5) is 0 Å². The van der Waals surface area contributed by atoms with Gasteiger partial charge >= 0.3 is 0 Å². The van der Waals surface area contributed by atoms with E-state index in [9.17, 15) is 14.9 Å². The van der Waals surface area contributed by atoms with Crippen LogP contribution < -0.4 is 10.1 Å². The van der Waals surface area contributed by atoms with Crippen molar-refractivity contribution in [3.8, 4) is 11.8 Å². The number of Topliss-reactive ketones (excluding diaryl/α,β-unsaturated/α-hetero) is 1. The quantitative estimate of drug-likeness (QED) is 0.669. The average Bonchev–Trinajstić information content (AvgIpc) is 2.56. The van der Waals surface area contributed by atoms with E-state index in [1.807, 2.05) is 6.07 Å². The molecular weight excluding hydrogens is 280 g/mol. The molecule has 1 fully saturated rings. The Balaban J connectivity index is 2.07. The van der Waals surface area contributed by atoms with Gasteiger partial charge in [-0.3, -0.25) is 9.59 Å². The molecule has 1 N–H and O–H groups in total. The lowest BCUT2D eigenvalue weighted by molar-refractivity contribution is -0.123. The number of ether oxygens (including phenoxy) is 1. The number of carbonyl (C=O) groups is 2. The summed E-state index contributed by atoms with van der Waals surface area (Å²) in [6, 6.07) is 8.41. The highest BCUT2D eigenvalue weighted by Gasteiger charge is 2.29. The van der Waals surface area contributed by atoms with Crippen LogP contribution in [-0.4, -0.2) is 24.8 Å². The van der Waals surface area contributed by atoms with Crippen LogP contribution in [-0.2, 0) is 4.79 Å². The van der Waals surface area contributed by atoms with Gasteiger partial charge in [-0.1, -0.05) is 31.4 Å². The van der Waals surface area contributed by atoms with Crippen LogP contribution in [0, 0.1) is 17.2 Å². The zero-order valence-electron chi connectivity index (χ0n) is 12.7. The molecule has 0 spiro atoms. The lowest BCUT2D eigenvalue weighted by Gasteiger charge is -2.23. The summed E-state index contributed by atoms with van der Waals surface area (Å²) < 4.78 is 5.06. The minimum Gasteiger partial charge on any atom is -0.497 e. The Morgan fingerprint density at radius 2 is 2.05 bits per heavy atom. The smallest absolute Gasteiger partial charge is 0.245 e. The van der Waals surface area contributed by atoms with E-state index in [1.165, 1.54) is 13.5 Å². The predicted molar refractivity (Wildman–Crippen MR) is 81.4 cm³/mol. The first-order chi connectivity index (χ1) is 10.7. The molecule has 0 aliphatic heterocycles. The fraction of sp³-hybridized carbons (Fsp3) is 0.471. The maximum absolute atomic E-state index is 12.4. The molecule has 22 heavy (non-hydrogen) atoms. The van der Waals surface area contributed by atoms with Gasteiger partial charge in [0.25, 0.3) is 0 Å². The van der Waals surface area contributed by atoms with E-state index < -0.39 is 17.6 Å². The summed E-state index contributed by atoms with van der Waals surface area (Å²) in [5, 5.41) is 12.1. The first-order valence-corrected chi connectivity index (χ1v) is 7.54. The molecule has 5 nitrogen and oxygen atoms in total. The average molecular weight is 300 g/mol. The number of nitrogens with zero attached hydrogens (tertiary/aromatic N) is 1. The second-order valence-electron chi connectivity index (χ2n) is 5.50. The van der Waals surface area contributed by atoms with Crippen molar-refractivity contribution in [3.05, 3.63) is 29.8 Å². The van der Waals surface area contributed by atoms with Crippen LogP contribution >= 0.6 is 0 Å². The molecule has 0 radical (unpaired) electrons. The number of benzene rings is 1. The van der Waals surface area contributed by atoms with Gasteiger partial charge in [0.1, 0.15) is 5.75 Å². The molecule has 2 rings (SSSR count). The van der Waals surface area contributed by atoms with Crippen LogP contribution in [0.15, 0.2) is 24.3 Å². The van der Waals surface area contributed by atoms with Gasteiger partial charge in [0.15, 0.2) is 11.7 Å². The molecule has 0 bridgehead atoms. The van der Waals surface area contributed by atoms with E-state index in [1.54, 1.807) is 24.3 Å². The monoisotopic (exact) mass is 300 g/mol. The SMILES string of the molecule is COc1cccc(C(=O)[C@H](C#N)C(=O)NC2CCCCC2)c1. The Morgan fingerprint density at radius 1 is 1.32 bits per heavy atom. The van der Waals surface area contributed by atoms with Gasteiger partial charge in [0, 0.05) is 11.6 Å². The van der Waals surface area contributed by atoms with Gasteiger partial charge < -0.3 is 10.1 Å². The second kappa shape index (κ2) is 7.60. The van der Waals surface area contributed by atoms with Gasteiger partial charge in [-0.25, -0.2) is 0 Å². The van der Waals surface area contributed by atoms with E-state index in [2.05, 4.69) is 5.32 Å². The Bertz CT molecular complexity index is 586. The Morgan fingerprint density at radius 3 is 2.68 bits per heavy atom. The van der Waals surface area contributed by atoms with Crippen molar-refractivity contribution in [1.82, 2.24) is 5.32 Å². The maximum atomic E-state index is 12.4. The van der Waals surface area contributed by atoms with Crippen LogP contribution in [0.25, 0.3) is 0 Å². The zero-order valence-corrected chi connectivity index (χ0v) is 12.7. The molecule has 0 heterocycles. The van der Waals surface area contributed by atoms with Gasteiger partial charge in [-0.05, 0) is 25.0 Å². The molecule has 1 aromatic carbocycles. The summed E-state index contributed by atoms with van der Waals surface area (Å²) in [6.45, 7) is 0. The van der Waals surface area contributed by atoms with Crippen LogP contribution in [0.3, 0.4) is 0 Å². The fourth-order valence-corrected chi connectivity index (χ4v) is 2.71. The summed E-state index contributed by atoms with van der Waals surface area (Å²) in [7, 11) is 1.50. The third-order valence-electron chi connectivity index (χ3n) is 3.96. The topological polar surface area (TPSA) is 79.2 Å². The molecule has 0 aromatic heterocycles. The summed E-state index contributed by atoms with van der Waals surface area (Å²) in [5.41, 5.74) is 0.310. The number of rotatable bonds is 5. The molecular formula is C17H20N2O3. The summed E-state index contributed by atoms with van der Waals surface area (Å²) in [5.74, 6) is -1.78. The molecule has 1 amide bonds. The number of hydrogen-bond acceptors (Lipinski definition) is 4. The zero-order chi connectivity index (χ0) is 15.9. The standard InChI is InChI=1S/C17H20N2O3/c1-22-14-9-5-6-12(10-14)16(20)15(11-18)17(21)19-13-7-3-2-4-8-13/h5-6,9-10,13,15H,2-4,7-8H2,1H3,(H,19,21)/t15-/m0/s1. The van der Waals surface area contributed by atoms with Crippen molar-refractivity contribution in [2.24, 2.45) is 5.92 Å². The molecule has 0 saturated heterocycles. The molecule has 1 aromatic rings. The summed E-state index contributed by atoms with van der Waals surface area (Å²) in [6.07, 6.45) is 5.16. The Hall–Kier alpha value is -2.35. The van der Waals surface area contributed by atoms with Crippen molar-refractivity contribution in [3.63, 3.8) is 0 Å². The normalized spacial score (nSPS) is 16.4. The van der Waals surface area contributed by atoms with E-state index in [0.717, 1.165) is 25.7 Å². The molecule has 1 aliphatic carbocycles. The summed E-state index contributed by atoms with van der Waals surface area (Å²) in [4.78, 5) is 24.6. The minimum absolute atomic E-state index is 0.0789. The van der Waals surface area contributed by atoms with Crippen LogP contribution in [0.2, 0.25) is 0 Å². The van der Waals surface area contributed by atoms with E-state index in [0.29, 0.717) is 11.3 Å². The number of ketones is 1. The van der Waals surface area contributed by atoms with Gasteiger partial charge in [-0.15, -0.1) is 0 Å².